The molecule has 0 bridgehead atoms. The molecule has 2 N–H and O–H groups in total. The van der Waals surface area contributed by atoms with E-state index in [1.54, 1.807) is 0 Å². The van der Waals surface area contributed by atoms with E-state index in [2.05, 4.69) is 48.7 Å². The van der Waals surface area contributed by atoms with Crippen LogP contribution in [-0.2, 0) is 10.2 Å². The van der Waals surface area contributed by atoms with E-state index in [4.69, 9.17) is 0 Å². The van der Waals surface area contributed by atoms with E-state index in [0.717, 1.165) is 12.8 Å². The molecule has 0 spiro atoms. The van der Waals surface area contributed by atoms with Crippen molar-refractivity contribution in [1.29, 1.82) is 0 Å². The minimum atomic E-state index is 0.00194. The van der Waals surface area contributed by atoms with Gasteiger partial charge in [0, 0.05) is 12.5 Å². The van der Waals surface area contributed by atoms with E-state index in [0.29, 0.717) is 6.54 Å². The van der Waals surface area contributed by atoms with E-state index in [-0.39, 0.29) is 23.3 Å². The Morgan fingerprint density at radius 3 is 2.80 bits per heavy atom. The predicted molar refractivity (Wildman–Crippen MR) is 82.7 cm³/mol. The van der Waals surface area contributed by atoms with E-state index in [1.165, 1.54) is 11.1 Å². The monoisotopic (exact) mass is 274 g/mol. The van der Waals surface area contributed by atoms with Crippen LogP contribution < -0.4 is 10.6 Å². The van der Waals surface area contributed by atoms with Gasteiger partial charge in [-0.3, -0.25) is 4.79 Å². The summed E-state index contributed by atoms with van der Waals surface area (Å²) in [4.78, 5) is 12.2. The van der Waals surface area contributed by atoms with Crippen LogP contribution >= 0.6 is 0 Å². The van der Waals surface area contributed by atoms with Crippen LogP contribution in [0.2, 0.25) is 0 Å². The zero-order valence-electron chi connectivity index (χ0n) is 13.0. The Kier molecular flexibility index (Phi) is 4.48. The van der Waals surface area contributed by atoms with Crippen molar-refractivity contribution in [2.24, 2.45) is 5.92 Å². The molecule has 1 aromatic rings. The number of amides is 1. The van der Waals surface area contributed by atoms with Gasteiger partial charge in [-0.1, -0.05) is 45.0 Å². The van der Waals surface area contributed by atoms with Crippen LogP contribution in [0.15, 0.2) is 24.3 Å². The highest BCUT2D eigenvalue weighted by Crippen LogP contribution is 2.41. The van der Waals surface area contributed by atoms with Crippen molar-refractivity contribution in [2.45, 2.75) is 45.1 Å². The number of carbonyl (C=O) groups is 1. The Bertz CT molecular complexity index is 482. The summed E-state index contributed by atoms with van der Waals surface area (Å²) in [5.74, 6) is 0.140. The molecule has 0 aliphatic heterocycles. The third kappa shape index (κ3) is 3.04. The van der Waals surface area contributed by atoms with E-state index in [9.17, 15) is 4.79 Å². The highest BCUT2D eigenvalue weighted by Gasteiger charge is 2.33. The molecule has 0 aromatic heterocycles. The highest BCUT2D eigenvalue weighted by molar-refractivity contribution is 5.79. The summed E-state index contributed by atoms with van der Waals surface area (Å²) in [5, 5.41) is 6.28. The molecule has 0 saturated heterocycles. The Morgan fingerprint density at radius 2 is 2.10 bits per heavy atom. The normalized spacial score (nSPS) is 21.9. The summed E-state index contributed by atoms with van der Waals surface area (Å²) in [7, 11) is 1.88. The second-order valence-electron chi connectivity index (χ2n) is 6.53. The molecule has 110 valence electrons. The number of nitrogens with one attached hydrogen (secondary N) is 2. The molecule has 2 unspecified atom stereocenters. The Morgan fingerprint density at radius 1 is 1.40 bits per heavy atom. The van der Waals surface area contributed by atoms with Gasteiger partial charge >= 0.3 is 0 Å². The lowest BCUT2D eigenvalue weighted by Crippen LogP contribution is -2.40. The first kappa shape index (κ1) is 15.0. The maximum absolute atomic E-state index is 12.2. The van der Waals surface area contributed by atoms with Crippen molar-refractivity contribution in [3.05, 3.63) is 35.4 Å². The van der Waals surface area contributed by atoms with Crippen molar-refractivity contribution >= 4 is 5.91 Å². The summed E-state index contributed by atoms with van der Waals surface area (Å²) in [6.07, 6.45) is 2.12. The first-order chi connectivity index (χ1) is 9.45. The van der Waals surface area contributed by atoms with Gasteiger partial charge in [0.15, 0.2) is 0 Å². The lowest BCUT2D eigenvalue weighted by atomic mass is 9.71. The maximum Gasteiger partial charge on any atom is 0.224 e. The summed E-state index contributed by atoms with van der Waals surface area (Å²) < 4.78 is 0. The molecule has 1 aromatic carbocycles. The SMILES string of the molecule is CNCC(C)C(=O)NC1CCC(C)(C)c2ccccc21. The second kappa shape index (κ2) is 5.96. The van der Waals surface area contributed by atoms with Gasteiger partial charge in [0.2, 0.25) is 5.91 Å². The molecule has 0 heterocycles. The van der Waals surface area contributed by atoms with Gasteiger partial charge in [-0.05, 0) is 36.4 Å². The zero-order chi connectivity index (χ0) is 14.8. The van der Waals surface area contributed by atoms with Gasteiger partial charge in [0.25, 0.3) is 0 Å². The average molecular weight is 274 g/mol. The van der Waals surface area contributed by atoms with Gasteiger partial charge in [-0.15, -0.1) is 0 Å². The van der Waals surface area contributed by atoms with Gasteiger partial charge in [0.05, 0.1) is 6.04 Å². The standard InChI is InChI=1S/C17H26N2O/c1-12(11-18-4)16(20)19-15-9-10-17(2,3)14-8-6-5-7-13(14)15/h5-8,12,15,18H,9-11H2,1-4H3,(H,19,20). The van der Waals surface area contributed by atoms with Crippen molar-refractivity contribution < 1.29 is 4.79 Å². The van der Waals surface area contributed by atoms with Gasteiger partial charge in [-0.25, -0.2) is 0 Å². The zero-order valence-corrected chi connectivity index (χ0v) is 13.0. The number of rotatable bonds is 4. The number of benzene rings is 1. The maximum atomic E-state index is 12.2. The van der Waals surface area contributed by atoms with Gasteiger partial charge < -0.3 is 10.6 Å². The molecule has 1 amide bonds. The number of hydrogen-bond acceptors (Lipinski definition) is 2. The Balaban J connectivity index is 2.17. The number of carbonyl (C=O) groups excluding carboxylic acids is 1. The summed E-state index contributed by atoms with van der Waals surface area (Å²) in [5.41, 5.74) is 2.86. The van der Waals surface area contributed by atoms with E-state index in [1.807, 2.05) is 14.0 Å². The third-order valence-corrected chi connectivity index (χ3v) is 4.40. The molecule has 1 aliphatic rings. The summed E-state index contributed by atoms with van der Waals surface area (Å²) in [6.45, 7) is 7.25. The number of hydrogen-bond donors (Lipinski definition) is 2. The lowest BCUT2D eigenvalue weighted by molar-refractivity contribution is -0.125. The molecule has 3 nitrogen and oxygen atoms in total. The summed E-state index contributed by atoms with van der Waals surface area (Å²) >= 11 is 0. The molecule has 1 aliphatic carbocycles. The molecule has 2 rings (SSSR count). The predicted octanol–water partition coefficient (Wildman–Crippen LogP) is 2.77. The van der Waals surface area contributed by atoms with Crippen LogP contribution in [0.3, 0.4) is 0 Å². The molecule has 2 atom stereocenters. The van der Waals surface area contributed by atoms with Crippen molar-refractivity contribution in [2.75, 3.05) is 13.6 Å². The van der Waals surface area contributed by atoms with Crippen LogP contribution in [0.25, 0.3) is 0 Å². The Labute approximate surface area is 122 Å². The van der Waals surface area contributed by atoms with Crippen molar-refractivity contribution in [3.8, 4) is 0 Å². The molecule has 0 fully saturated rings. The van der Waals surface area contributed by atoms with Crippen molar-refractivity contribution in [3.63, 3.8) is 0 Å². The smallest absolute Gasteiger partial charge is 0.224 e. The van der Waals surface area contributed by atoms with Crippen LogP contribution in [0.1, 0.15) is 50.8 Å². The van der Waals surface area contributed by atoms with Crippen LogP contribution in [0.4, 0.5) is 0 Å². The molecule has 3 heteroatoms. The fourth-order valence-corrected chi connectivity index (χ4v) is 3.08. The van der Waals surface area contributed by atoms with Crippen LogP contribution in [0.5, 0.6) is 0 Å². The molecule has 0 saturated carbocycles. The van der Waals surface area contributed by atoms with Crippen molar-refractivity contribution in [1.82, 2.24) is 10.6 Å². The van der Waals surface area contributed by atoms with Gasteiger partial charge in [0.1, 0.15) is 0 Å². The molecular formula is C17H26N2O. The summed E-state index contributed by atoms with van der Waals surface area (Å²) in [6, 6.07) is 8.67. The van der Waals surface area contributed by atoms with Crippen LogP contribution in [0, 0.1) is 5.92 Å². The first-order valence-corrected chi connectivity index (χ1v) is 7.50. The molecular weight excluding hydrogens is 248 g/mol. The average Bonchev–Trinajstić information content (AvgIpc) is 2.42. The molecule has 0 radical (unpaired) electrons. The van der Waals surface area contributed by atoms with E-state index >= 15 is 0 Å². The fraction of sp³-hybridized carbons (Fsp3) is 0.588. The van der Waals surface area contributed by atoms with Crippen LogP contribution in [-0.4, -0.2) is 19.5 Å². The topological polar surface area (TPSA) is 41.1 Å². The number of fused-ring (bicyclic) bond motifs is 1. The van der Waals surface area contributed by atoms with E-state index < -0.39 is 0 Å². The quantitative estimate of drug-likeness (QED) is 0.886. The molecule has 20 heavy (non-hydrogen) atoms. The van der Waals surface area contributed by atoms with Gasteiger partial charge in [-0.2, -0.15) is 0 Å². The minimum absolute atomic E-state index is 0.00194. The second-order valence-corrected chi connectivity index (χ2v) is 6.53. The minimum Gasteiger partial charge on any atom is -0.349 e. The highest BCUT2D eigenvalue weighted by atomic mass is 16.1. The Hall–Kier alpha value is -1.35. The lowest BCUT2D eigenvalue weighted by Gasteiger charge is -2.37. The third-order valence-electron chi connectivity index (χ3n) is 4.40. The largest absolute Gasteiger partial charge is 0.349 e. The fourth-order valence-electron chi connectivity index (χ4n) is 3.08. The first-order valence-electron chi connectivity index (χ1n) is 7.50.